The number of nitrogens with one attached hydrogen (secondary N) is 2. The smallest absolute Gasteiger partial charge is 0.175 e. The summed E-state index contributed by atoms with van der Waals surface area (Å²) < 4.78 is 12.2. The van der Waals surface area contributed by atoms with Crippen molar-refractivity contribution in [2.24, 2.45) is 0 Å². The van der Waals surface area contributed by atoms with Crippen molar-refractivity contribution in [1.29, 1.82) is 0 Å². The van der Waals surface area contributed by atoms with Crippen LogP contribution < -0.4 is 20.1 Å². The number of hydrogen-bond acceptors (Lipinski definition) is 4. The Morgan fingerprint density at radius 2 is 1.73 bits per heavy atom. The summed E-state index contributed by atoms with van der Waals surface area (Å²) in [5, 5.41) is 11.1. The predicted octanol–water partition coefficient (Wildman–Crippen LogP) is 3.76. The van der Waals surface area contributed by atoms with Crippen molar-refractivity contribution in [3.8, 4) is 11.5 Å². The van der Waals surface area contributed by atoms with Crippen LogP contribution in [0.25, 0.3) is 0 Å². The molecule has 0 fully saturated rings. The standard InChI is InChI=1S/C19H20N4O2S/c1-24-17-8-6-15(7-9-17)21-19(26)22-16-11-20-23(13-16)12-14-4-3-5-18(10-14)25-2/h3-11,13H,12H2,1-2H3,(H2,21,22,26). The van der Waals surface area contributed by atoms with Gasteiger partial charge in [-0.05, 0) is 54.2 Å². The van der Waals surface area contributed by atoms with Crippen molar-refractivity contribution in [2.75, 3.05) is 24.9 Å². The van der Waals surface area contributed by atoms with Crippen molar-refractivity contribution >= 4 is 28.7 Å². The van der Waals surface area contributed by atoms with E-state index in [-0.39, 0.29) is 0 Å². The maximum Gasteiger partial charge on any atom is 0.175 e. The first-order valence-electron chi connectivity index (χ1n) is 8.04. The molecule has 0 aliphatic heterocycles. The number of rotatable bonds is 6. The molecule has 2 N–H and O–H groups in total. The van der Waals surface area contributed by atoms with Crippen molar-refractivity contribution in [2.45, 2.75) is 6.54 Å². The summed E-state index contributed by atoms with van der Waals surface area (Å²) in [5.74, 6) is 1.63. The van der Waals surface area contributed by atoms with Crippen LogP contribution in [0.15, 0.2) is 60.9 Å². The molecule has 3 aromatic rings. The molecule has 0 aliphatic rings. The highest BCUT2D eigenvalue weighted by molar-refractivity contribution is 7.80. The molecule has 0 amide bonds. The lowest BCUT2D eigenvalue weighted by Crippen LogP contribution is -2.18. The lowest BCUT2D eigenvalue weighted by Gasteiger charge is -2.09. The summed E-state index contributed by atoms with van der Waals surface area (Å²) >= 11 is 5.34. The molecule has 26 heavy (non-hydrogen) atoms. The highest BCUT2D eigenvalue weighted by atomic mass is 32.1. The van der Waals surface area contributed by atoms with Crippen LogP contribution in [0.3, 0.4) is 0 Å². The zero-order valence-electron chi connectivity index (χ0n) is 14.6. The second kappa shape index (κ2) is 8.35. The zero-order valence-corrected chi connectivity index (χ0v) is 15.4. The molecule has 0 radical (unpaired) electrons. The minimum absolute atomic E-state index is 0.496. The van der Waals surface area contributed by atoms with Crippen LogP contribution in [0.5, 0.6) is 11.5 Å². The van der Waals surface area contributed by atoms with Crippen LogP contribution in [-0.2, 0) is 6.54 Å². The Kier molecular flexibility index (Phi) is 5.70. The van der Waals surface area contributed by atoms with Crippen molar-refractivity contribution in [3.05, 3.63) is 66.5 Å². The number of nitrogens with zero attached hydrogens (tertiary/aromatic N) is 2. The molecule has 0 saturated heterocycles. The number of thiocarbonyl (C=S) groups is 1. The van der Waals surface area contributed by atoms with Gasteiger partial charge in [-0.2, -0.15) is 5.10 Å². The first-order valence-corrected chi connectivity index (χ1v) is 8.44. The largest absolute Gasteiger partial charge is 0.497 e. The Labute approximate surface area is 157 Å². The van der Waals surface area contributed by atoms with Gasteiger partial charge in [0.05, 0.1) is 32.6 Å². The predicted molar refractivity (Wildman–Crippen MR) is 107 cm³/mol. The molecule has 0 aliphatic carbocycles. The van der Waals surface area contributed by atoms with Crippen molar-refractivity contribution < 1.29 is 9.47 Å². The number of benzene rings is 2. The average Bonchev–Trinajstić information content (AvgIpc) is 3.09. The maximum atomic E-state index is 5.34. The van der Waals surface area contributed by atoms with E-state index in [9.17, 15) is 0 Å². The van der Waals surface area contributed by atoms with E-state index in [4.69, 9.17) is 21.7 Å². The third kappa shape index (κ3) is 4.73. The topological polar surface area (TPSA) is 60.3 Å². The molecular weight excluding hydrogens is 348 g/mol. The van der Waals surface area contributed by atoms with E-state index in [0.29, 0.717) is 11.7 Å². The van der Waals surface area contributed by atoms with Gasteiger partial charge in [-0.3, -0.25) is 4.68 Å². The van der Waals surface area contributed by atoms with E-state index >= 15 is 0 Å². The molecule has 6 nitrogen and oxygen atoms in total. The number of methoxy groups -OCH3 is 2. The van der Waals surface area contributed by atoms with E-state index in [2.05, 4.69) is 15.7 Å². The fourth-order valence-electron chi connectivity index (χ4n) is 2.44. The Morgan fingerprint density at radius 3 is 2.46 bits per heavy atom. The molecule has 1 aromatic heterocycles. The van der Waals surface area contributed by atoms with E-state index < -0.39 is 0 Å². The SMILES string of the molecule is COc1ccc(NC(=S)Nc2cnn(Cc3cccc(OC)c3)c2)cc1. The van der Waals surface area contributed by atoms with Gasteiger partial charge in [-0.15, -0.1) is 0 Å². The van der Waals surface area contributed by atoms with Crippen LogP contribution in [0.2, 0.25) is 0 Å². The molecule has 3 rings (SSSR count). The monoisotopic (exact) mass is 368 g/mol. The lowest BCUT2D eigenvalue weighted by atomic mass is 10.2. The van der Waals surface area contributed by atoms with Gasteiger partial charge in [-0.25, -0.2) is 0 Å². The van der Waals surface area contributed by atoms with Crippen LogP contribution in [0.4, 0.5) is 11.4 Å². The van der Waals surface area contributed by atoms with Gasteiger partial charge in [0.2, 0.25) is 0 Å². The average molecular weight is 368 g/mol. The van der Waals surface area contributed by atoms with Crippen LogP contribution >= 0.6 is 12.2 Å². The van der Waals surface area contributed by atoms with Crippen molar-refractivity contribution in [1.82, 2.24) is 9.78 Å². The summed E-state index contributed by atoms with van der Waals surface area (Å²) in [5.41, 5.74) is 2.81. The van der Waals surface area contributed by atoms with E-state index in [1.165, 1.54) is 0 Å². The third-order valence-electron chi connectivity index (χ3n) is 3.72. The zero-order chi connectivity index (χ0) is 18.4. The number of ether oxygens (including phenoxy) is 2. The fourth-order valence-corrected chi connectivity index (χ4v) is 2.68. The Balaban J connectivity index is 1.57. The summed E-state index contributed by atoms with van der Waals surface area (Å²) in [6, 6.07) is 15.5. The summed E-state index contributed by atoms with van der Waals surface area (Å²) in [6.07, 6.45) is 3.64. The Morgan fingerprint density at radius 1 is 1.00 bits per heavy atom. The molecular formula is C19H20N4O2S. The molecule has 0 unspecified atom stereocenters. The number of hydrogen-bond donors (Lipinski definition) is 2. The molecule has 0 spiro atoms. The molecule has 134 valence electrons. The van der Waals surface area contributed by atoms with Gasteiger partial charge in [0, 0.05) is 11.9 Å². The van der Waals surface area contributed by atoms with Gasteiger partial charge in [-0.1, -0.05) is 12.1 Å². The second-order valence-corrected chi connectivity index (χ2v) is 5.99. The van der Waals surface area contributed by atoms with E-state index in [1.807, 2.05) is 59.4 Å². The van der Waals surface area contributed by atoms with Crippen LogP contribution in [-0.4, -0.2) is 29.1 Å². The van der Waals surface area contributed by atoms with Crippen LogP contribution in [0.1, 0.15) is 5.56 Å². The Bertz CT molecular complexity index is 877. The van der Waals surface area contributed by atoms with Gasteiger partial charge < -0.3 is 20.1 Å². The molecule has 0 atom stereocenters. The summed E-state index contributed by atoms with van der Waals surface area (Å²) in [6.45, 7) is 0.650. The van der Waals surface area contributed by atoms with Crippen LogP contribution in [0, 0.1) is 0 Å². The summed E-state index contributed by atoms with van der Waals surface area (Å²) in [4.78, 5) is 0. The summed E-state index contributed by atoms with van der Waals surface area (Å²) in [7, 11) is 3.30. The van der Waals surface area contributed by atoms with E-state index in [1.54, 1.807) is 20.4 Å². The van der Waals surface area contributed by atoms with Gasteiger partial charge in [0.25, 0.3) is 0 Å². The number of anilines is 2. The quantitative estimate of drug-likeness (QED) is 0.646. The highest BCUT2D eigenvalue weighted by Gasteiger charge is 2.04. The Hall–Kier alpha value is -3.06. The van der Waals surface area contributed by atoms with Gasteiger partial charge >= 0.3 is 0 Å². The minimum atomic E-state index is 0.496. The second-order valence-electron chi connectivity index (χ2n) is 5.59. The molecule has 0 bridgehead atoms. The number of aromatic nitrogens is 2. The molecule has 1 heterocycles. The molecule has 0 saturated carbocycles. The normalized spacial score (nSPS) is 10.2. The lowest BCUT2D eigenvalue weighted by molar-refractivity contribution is 0.414. The van der Waals surface area contributed by atoms with E-state index in [0.717, 1.165) is 28.4 Å². The highest BCUT2D eigenvalue weighted by Crippen LogP contribution is 2.16. The fraction of sp³-hybridized carbons (Fsp3) is 0.158. The van der Waals surface area contributed by atoms with Gasteiger partial charge in [0.1, 0.15) is 11.5 Å². The third-order valence-corrected chi connectivity index (χ3v) is 3.92. The van der Waals surface area contributed by atoms with Crippen molar-refractivity contribution in [3.63, 3.8) is 0 Å². The molecule has 2 aromatic carbocycles. The van der Waals surface area contributed by atoms with Gasteiger partial charge in [0.15, 0.2) is 5.11 Å². The maximum absolute atomic E-state index is 5.34. The first-order chi connectivity index (χ1) is 12.7. The molecule has 7 heteroatoms. The minimum Gasteiger partial charge on any atom is -0.497 e. The first kappa shape index (κ1) is 17.8.